The molecular weight excluding hydrogens is 491 g/mol. The summed E-state index contributed by atoms with van der Waals surface area (Å²) in [6, 6.07) is 12.5. The maximum absolute atomic E-state index is 14.0. The molecule has 11 heteroatoms. The van der Waals surface area contributed by atoms with Crippen LogP contribution in [0, 0.1) is 5.82 Å². The first-order valence-electron chi connectivity index (χ1n) is 12.2. The SMILES string of the molecule is O=C(O)c1cccc(Nc2ncc(F)cc2C(=O)NC2CCC(NC(=O)c3cn4ccccc4n3)CC2)c1. The summed E-state index contributed by atoms with van der Waals surface area (Å²) in [5.74, 6) is -2.39. The van der Waals surface area contributed by atoms with E-state index in [-0.39, 0.29) is 34.9 Å². The third-order valence-corrected chi connectivity index (χ3v) is 6.47. The van der Waals surface area contributed by atoms with E-state index in [1.54, 1.807) is 22.7 Å². The van der Waals surface area contributed by atoms with E-state index in [1.807, 2.05) is 24.4 Å². The van der Waals surface area contributed by atoms with Crippen LogP contribution in [0.25, 0.3) is 5.65 Å². The van der Waals surface area contributed by atoms with Gasteiger partial charge in [0.25, 0.3) is 11.8 Å². The van der Waals surface area contributed by atoms with Crippen molar-refractivity contribution in [3.05, 3.63) is 89.8 Å². The van der Waals surface area contributed by atoms with Gasteiger partial charge in [0.1, 0.15) is 23.0 Å². The van der Waals surface area contributed by atoms with Crippen molar-refractivity contribution in [1.82, 2.24) is 25.0 Å². The number of carboxylic acid groups (broad SMARTS) is 1. The molecule has 194 valence electrons. The molecule has 3 heterocycles. The highest BCUT2D eigenvalue weighted by Crippen LogP contribution is 2.23. The molecule has 1 saturated carbocycles. The van der Waals surface area contributed by atoms with Crippen molar-refractivity contribution in [2.75, 3.05) is 5.32 Å². The van der Waals surface area contributed by atoms with Gasteiger partial charge in [0.15, 0.2) is 0 Å². The van der Waals surface area contributed by atoms with E-state index in [0.717, 1.165) is 12.3 Å². The lowest BCUT2D eigenvalue weighted by atomic mass is 9.91. The predicted molar refractivity (Wildman–Crippen MR) is 137 cm³/mol. The highest BCUT2D eigenvalue weighted by molar-refractivity contribution is 5.99. The van der Waals surface area contributed by atoms with Crippen molar-refractivity contribution in [3.63, 3.8) is 0 Å². The molecule has 0 bridgehead atoms. The highest BCUT2D eigenvalue weighted by Gasteiger charge is 2.26. The highest BCUT2D eigenvalue weighted by atomic mass is 19.1. The monoisotopic (exact) mass is 516 g/mol. The molecule has 0 saturated heterocycles. The summed E-state index contributed by atoms with van der Waals surface area (Å²) in [5.41, 5.74) is 1.51. The summed E-state index contributed by atoms with van der Waals surface area (Å²) in [6.07, 6.45) is 7.10. The Hall–Kier alpha value is -4.80. The molecule has 0 aliphatic heterocycles. The third-order valence-electron chi connectivity index (χ3n) is 6.47. The number of aromatic nitrogens is 3. The Bertz CT molecular complexity index is 1480. The van der Waals surface area contributed by atoms with E-state index in [9.17, 15) is 23.9 Å². The molecule has 2 amide bonds. The molecule has 1 aliphatic carbocycles. The van der Waals surface area contributed by atoms with Crippen LogP contribution in [-0.2, 0) is 0 Å². The number of fused-ring (bicyclic) bond motifs is 1. The number of pyridine rings is 2. The molecule has 4 aromatic rings. The maximum Gasteiger partial charge on any atom is 0.335 e. The second-order valence-corrected chi connectivity index (χ2v) is 9.15. The number of carboxylic acids is 1. The fourth-order valence-electron chi connectivity index (χ4n) is 4.53. The molecule has 0 spiro atoms. The molecule has 0 atom stereocenters. The van der Waals surface area contributed by atoms with Gasteiger partial charge in [-0.3, -0.25) is 9.59 Å². The van der Waals surface area contributed by atoms with E-state index < -0.39 is 17.7 Å². The van der Waals surface area contributed by atoms with E-state index in [2.05, 4.69) is 25.9 Å². The average Bonchev–Trinajstić information content (AvgIpc) is 3.36. The van der Waals surface area contributed by atoms with Crippen LogP contribution in [0.4, 0.5) is 15.9 Å². The van der Waals surface area contributed by atoms with Gasteiger partial charge in [-0.25, -0.2) is 19.2 Å². The number of rotatable bonds is 7. The number of imidazole rings is 1. The standard InChI is InChI=1S/C27H25FN6O4/c28-17-13-21(24(29-14-17)30-20-5-3-4-16(12-20)27(37)38)25(35)31-18-7-9-19(10-8-18)32-26(36)22-15-34-11-2-1-6-23(34)33-22/h1-6,11-15,18-19H,7-10H2,(H,29,30)(H,31,35)(H,32,36)(H,37,38). The number of nitrogens with one attached hydrogen (secondary N) is 3. The van der Waals surface area contributed by atoms with Gasteiger partial charge >= 0.3 is 5.97 Å². The number of amides is 2. The summed E-state index contributed by atoms with van der Waals surface area (Å²) in [6.45, 7) is 0. The van der Waals surface area contributed by atoms with E-state index in [4.69, 9.17) is 0 Å². The van der Waals surface area contributed by atoms with Crippen LogP contribution < -0.4 is 16.0 Å². The Labute approximate surface area is 216 Å². The van der Waals surface area contributed by atoms with Crippen molar-refractivity contribution in [3.8, 4) is 0 Å². The van der Waals surface area contributed by atoms with Crippen LogP contribution in [0.5, 0.6) is 0 Å². The molecular formula is C27H25FN6O4. The van der Waals surface area contributed by atoms with Gasteiger partial charge in [0.2, 0.25) is 0 Å². The van der Waals surface area contributed by atoms with Crippen molar-refractivity contribution in [1.29, 1.82) is 0 Å². The van der Waals surface area contributed by atoms with Gasteiger partial charge in [-0.1, -0.05) is 12.1 Å². The molecule has 1 aliphatic rings. The number of benzene rings is 1. The average molecular weight is 517 g/mol. The third kappa shape index (κ3) is 5.61. The Morgan fingerprint density at radius 1 is 0.947 bits per heavy atom. The first-order valence-corrected chi connectivity index (χ1v) is 12.2. The molecule has 38 heavy (non-hydrogen) atoms. The lowest BCUT2D eigenvalue weighted by Gasteiger charge is -2.29. The second-order valence-electron chi connectivity index (χ2n) is 9.15. The van der Waals surface area contributed by atoms with Crippen LogP contribution in [0.3, 0.4) is 0 Å². The maximum atomic E-state index is 14.0. The lowest BCUT2D eigenvalue weighted by Crippen LogP contribution is -2.44. The lowest BCUT2D eigenvalue weighted by molar-refractivity contribution is 0.0696. The number of nitrogens with zero attached hydrogens (tertiary/aromatic N) is 3. The van der Waals surface area contributed by atoms with Crippen LogP contribution in [0.2, 0.25) is 0 Å². The molecule has 0 unspecified atom stereocenters. The van der Waals surface area contributed by atoms with Crippen molar-refractivity contribution in [2.24, 2.45) is 0 Å². The summed E-state index contributed by atoms with van der Waals surface area (Å²) in [5, 5.41) is 18.1. The zero-order valence-electron chi connectivity index (χ0n) is 20.2. The fourth-order valence-corrected chi connectivity index (χ4v) is 4.53. The number of carbonyl (C=O) groups is 3. The Morgan fingerprint density at radius 2 is 1.68 bits per heavy atom. The quantitative estimate of drug-likeness (QED) is 0.293. The van der Waals surface area contributed by atoms with Gasteiger partial charge in [0, 0.05) is 30.2 Å². The summed E-state index contributed by atoms with van der Waals surface area (Å²) in [4.78, 5) is 45.3. The number of hydrogen-bond acceptors (Lipinski definition) is 6. The number of anilines is 2. The zero-order chi connectivity index (χ0) is 26.6. The number of hydrogen-bond donors (Lipinski definition) is 4. The second kappa shape index (κ2) is 10.7. The van der Waals surface area contributed by atoms with Crippen LogP contribution >= 0.6 is 0 Å². The number of carbonyl (C=O) groups excluding carboxylic acids is 2. The van der Waals surface area contributed by atoms with Gasteiger partial charge in [-0.15, -0.1) is 0 Å². The van der Waals surface area contributed by atoms with Gasteiger partial charge in [-0.05, 0) is 62.1 Å². The molecule has 1 aromatic carbocycles. The summed E-state index contributed by atoms with van der Waals surface area (Å²) < 4.78 is 15.8. The van der Waals surface area contributed by atoms with Gasteiger partial charge in [-0.2, -0.15) is 0 Å². The van der Waals surface area contributed by atoms with Gasteiger partial charge in [0.05, 0.1) is 17.3 Å². The Kier molecular flexibility index (Phi) is 6.98. The van der Waals surface area contributed by atoms with Gasteiger partial charge < -0.3 is 25.5 Å². The molecule has 10 nitrogen and oxygen atoms in total. The van der Waals surface area contributed by atoms with E-state index >= 15 is 0 Å². The summed E-state index contributed by atoms with van der Waals surface area (Å²) >= 11 is 0. The molecule has 1 fully saturated rings. The molecule has 5 rings (SSSR count). The van der Waals surface area contributed by atoms with Crippen LogP contribution in [0.1, 0.15) is 56.9 Å². The van der Waals surface area contributed by atoms with Crippen molar-refractivity contribution in [2.45, 2.75) is 37.8 Å². The van der Waals surface area contributed by atoms with E-state index in [1.165, 1.54) is 12.1 Å². The van der Waals surface area contributed by atoms with E-state index in [0.29, 0.717) is 42.7 Å². The molecule has 0 radical (unpaired) electrons. The van der Waals surface area contributed by atoms with Crippen LogP contribution in [0.15, 0.2) is 67.1 Å². The minimum Gasteiger partial charge on any atom is -0.478 e. The van der Waals surface area contributed by atoms with Crippen LogP contribution in [-0.4, -0.2) is 49.3 Å². The molecule has 4 N–H and O–H groups in total. The smallest absolute Gasteiger partial charge is 0.335 e. The van der Waals surface area contributed by atoms with Crippen molar-refractivity contribution < 1.29 is 23.9 Å². The Balaban J connectivity index is 1.19. The minimum atomic E-state index is -1.09. The Morgan fingerprint density at radius 3 is 2.39 bits per heavy atom. The first-order chi connectivity index (χ1) is 18.4. The number of aromatic carboxylic acids is 1. The normalized spacial score (nSPS) is 17.1. The fraction of sp³-hybridized carbons (Fsp3) is 0.222. The first kappa shape index (κ1) is 24.9. The topological polar surface area (TPSA) is 138 Å². The molecule has 3 aromatic heterocycles. The van der Waals surface area contributed by atoms with Crippen molar-refractivity contribution >= 4 is 34.9 Å². The number of halogens is 1. The summed E-state index contributed by atoms with van der Waals surface area (Å²) in [7, 11) is 0. The predicted octanol–water partition coefficient (Wildman–Crippen LogP) is 3.78. The zero-order valence-corrected chi connectivity index (χ0v) is 20.2. The largest absolute Gasteiger partial charge is 0.478 e. The minimum absolute atomic E-state index is 0.00741.